The number of unbranched alkanes of at least 4 members (excludes halogenated alkanes) is 1. The third-order valence-electron chi connectivity index (χ3n) is 3.62. The Labute approximate surface area is 159 Å². The summed E-state index contributed by atoms with van der Waals surface area (Å²) in [6.45, 7) is 6.78. The number of carbonyl (C=O) groups excluding carboxylic acids is 1. The molecule has 1 amide bonds. The SMILES string of the molecule is COCCCCc1ccc(-c2ncc(CNC(=O)OC(C)(C)C)s2)cc1. The number of nitrogens with zero attached hydrogens (tertiary/aromatic N) is 1. The predicted molar refractivity (Wildman–Crippen MR) is 105 cm³/mol. The molecule has 26 heavy (non-hydrogen) atoms. The van der Waals surface area contributed by atoms with Gasteiger partial charge in [0.2, 0.25) is 0 Å². The van der Waals surface area contributed by atoms with Crippen LogP contribution in [0.1, 0.15) is 44.1 Å². The molecule has 2 rings (SSSR count). The maximum atomic E-state index is 11.7. The Bertz CT molecular complexity index is 690. The fraction of sp³-hybridized carbons (Fsp3) is 0.500. The molecule has 0 aliphatic heterocycles. The molecule has 0 bridgehead atoms. The number of aryl methyl sites for hydroxylation is 1. The van der Waals surface area contributed by atoms with Gasteiger partial charge in [0.1, 0.15) is 10.6 Å². The summed E-state index contributed by atoms with van der Waals surface area (Å²) in [5.74, 6) is 0. The van der Waals surface area contributed by atoms with Crippen molar-refractivity contribution in [3.8, 4) is 10.6 Å². The summed E-state index contributed by atoms with van der Waals surface area (Å²) in [6.07, 6.45) is 4.66. The van der Waals surface area contributed by atoms with Crippen molar-refractivity contribution in [2.24, 2.45) is 0 Å². The number of alkyl carbamates (subject to hydrolysis) is 1. The van der Waals surface area contributed by atoms with Crippen molar-refractivity contribution in [3.05, 3.63) is 40.9 Å². The molecule has 1 heterocycles. The molecule has 0 spiro atoms. The van der Waals surface area contributed by atoms with Gasteiger partial charge in [-0.25, -0.2) is 9.78 Å². The van der Waals surface area contributed by atoms with E-state index in [1.165, 1.54) is 5.56 Å². The van der Waals surface area contributed by atoms with Crippen molar-refractivity contribution in [2.75, 3.05) is 13.7 Å². The highest BCUT2D eigenvalue weighted by molar-refractivity contribution is 7.15. The first-order valence-electron chi connectivity index (χ1n) is 8.87. The fourth-order valence-electron chi connectivity index (χ4n) is 2.39. The van der Waals surface area contributed by atoms with Crippen molar-refractivity contribution in [1.29, 1.82) is 0 Å². The number of thiazole rings is 1. The Morgan fingerprint density at radius 1 is 1.19 bits per heavy atom. The molecule has 0 aliphatic carbocycles. The van der Waals surface area contributed by atoms with E-state index in [0.29, 0.717) is 6.54 Å². The first-order chi connectivity index (χ1) is 12.4. The second-order valence-electron chi connectivity index (χ2n) is 7.13. The zero-order chi connectivity index (χ0) is 19.0. The molecular weight excluding hydrogens is 348 g/mol. The van der Waals surface area contributed by atoms with E-state index in [-0.39, 0.29) is 0 Å². The fourth-order valence-corrected chi connectivity index (χ4v) is 3.24. The number of benzene rings is 1. The maximum Gasteiger partial charge on any atom is 0.407 e. The third kappa shape index (κ3) is 7.14. The molecule has 0 unspecified atom stereocenters. The van der Waals surface area contributed by atoms with Crippen LogP contribution in [0.5, 0.6) is 0 Å². The normalized spacial score (nSPS) is 11.4. The Kier molecular flexibility index (Phi) is 7.60. The average Bonchev–Trinajstić information content (AvgIpc) is 3.05. The molecule has 5 nitrogen and oxygen atoms in total. The second-order valence-corrected chi connectivity index (χ2v) is 8.25. The third-order valence-corrected chi connectivity index (χ3v) is 4.67. The quantitative estimate of drug-likeness (QED) is 0.672. The summed E-state index contributed by atoms with van der Waals surface area (Å²) >= 11 is 1.58. The number of nitrogens with one attached hydrogen (secondary N) is 1. The Balaban J connectivity index is 1.85. The molecule has 0 radical (unpaired) electrons. The second kappa shape index (κ2) is 9.69. The van der Waals surface area contributed by atoms with E-state index in [9.17, 15) is 4.79 Å². The first kappa shape index (κ1) is 20.4. The van der Waals surface area contributed by atoms with Gasteiger partial charge < -0.3 is 14.8 Å². The van der Waals surface area contributed by atoms with Gasteiger partial charge >= 0.3 is 6.09 Å². The summed E-state index contributed by atoms with van der Waals surface area (Å²) in [5.41, 5.74) is 1.93. The number of hydrogen-bond acceptors (Lipinski definition) is 5. The van der Waals surface area contributed by atoms with E-state index in [4.69, 9.17) is 9.47 Å². The summed E-state index contributed by atoms with van der Waals surface area (Å²) < 4.78 is 10.3. The number of hydrogen-bond donors (Lipinski definition) is 1. The topological polar surface area (TPSA) is 60.5 Å². The van der Waals surface area contributed by atoms with Crippen LogP contribution < -0.4 is 5.32 Å². The number of carbonyl (C=O) groups is 1. The monoisotopic (exact) mass is 376 g/mol. The minimum Gasteiger partial charge on any atom is -0.444 e. The molecule has 0 saturated carbocycles. The molecule has 0 saturated heterocycles. The number of methoxy groups -OCH3 is 1. The molecule has 6 heteroatoms. The molecule has 0 fully saturated rings. The van der Waals surface area contributed by atoms with Crippen LogP contribution in [-0.2, 0) is 22.4 Å². The number of ether oxygens (including phenoxy) is 2. The van der Waals surface area contributed by atoms with E-state index in [0.717, 1.165) is 41.3 Å². The summed E-state index contributed by atoms with van der Waals surface area (Å²) in [6, 6.07) is 8.52. The van der Waals surface area contributed by atoms with E-state index in [1.54, 1.807) is 24.6 Å². The van der Waals surface area contributed by atoms with Gasteiger partial charge in [-0.2, -0.15) is 0 Å². The van der Waals surface area contributed by atoms with E-state index in [1.807, 2.05) is 20.8 Å². The van der Waals surface area contributed by atoms with Crippen LogP contribution in [0, 0.1) is 0 Å². The van der Waals surface area contributed by atoms with Crippen molar-refractivity contribution in [3.63, 3.8) is 0 Å². The maximum absolute atomic E-state index is 11.7. The molecule has 0 aliphatic rings. The van der Waals surface area contributed by atoms with Crippen molar-refractivity contribution < 1.29 is 14.3 Å². The predicted octanol–water partition coefficient (Wildman–Crippen LogP) is 4.80. The summed E-state index contributed by atoms with van der Waals surface area (Å²) in [7, 11) is 1.74. The highest BCUT2D eigenvalue weighted by Crippen LogP contribution is 2.25. The van der Waals surface area contributed by atoms with Crippen LogP contribution in [-0.4, -0.2) is 30.4 Å². The Hall–Kier alpha value is -1.92. The lowest BCUT2D eigenvalue weighted by Gasteiger charge is -2.19. The lowest BCUT2D eigenvalue weighted by Crippen LogP contribution is -2.31. The van der Waals surface area contributed by atoms with E-state index < -0.39 is 11.7 Å². The summed E-state index contributed by atoms with van der Waals surface area (Å²) in [4.78, 5) is 17.2. The minimum atomic E-state index is -0.492. The van der Waals surface area contributed by atoms with Gasteiger partial charge in [0.15, 0.2) is 0 Å². The lowest BCUT2D eigenvalue weighted by atomic mass is 10.1. The zero-order valence-corrected chi connectivity index (χ0v) is 16.8. The zero-order valence-electron chi connectivity index (χ0n) is 16.0. The molecule has 2 aromatic rings. The molecule has 1 aromatic heterocycles. The van der Waals surface area contributed by atoms with E-state index >= 15 is 0 Å². The van der Waals surface area contributed by atoms with Gasteiger partial charge in [-0.1, -0.05) is 24.3 Å². The highest BCUT2D eigenvalue weighted by atomic mass is 32.1. The number of amides is 1. The van der Waals surface area contributed by atoms with Crippen molar-refractivity contribution in [1.82, 2.24) is 10.3 Å². The minimum absolute atomic E-state index is 0.412. The Morgan fingerprint density at radius 2 is 1.92 bits per heavy atom. The molecule has 1 N–H and O–H groups in total. The average molecular weight is 377 g/mol. The highest BCUT2D eigenvalue weighted by Gasteiger charge is 2.16. The van der Waals surface area contributed by atoms with Crippen LogP contribution in [0.2, 0.25) is 0 Å². The van der Waals surface area contributed by atoms with Crippen LogP contribution in [0.3, 0.4) is 0 Å². The van der Waals surface area contributed by atoms with Crippen molar-refractivity contribution >= 4 is 17.4 Å². The number of rotatable bonds is 8. The largest absolute Gasteiger partial charge is 0.444 e. The van der Waals surface area contributed by atoms with Crippen LogP contribution in [0.25, 0.3) is 10.6 Å². The van der Waals surface area contributed by atoms with Crippen LogP contribution in [0.15, 0.2) is 30.5 Å². The smallest absolute Gasteiger partial charge is 0.407 e. The molecule has 0 atom stereocenters. The van der Waals surface area contributed by atoms with Gasteiger partial charge in [-0.05, 0) is 45.6 Å². The molecule has 1 aromatic carbocycles. The van der Waals surface area contributed by atoms with Crippen molar-refractivity contribution in [2.45, 2.75) is 52.2 Å². The first-order valence-corrected chi connectivity index (χ1v) is 9.69. The molecule has 142 valence electrons. The number of aromatic nitrogens is 1. The summed E-state index contributed by atoms with van der Waals surface area (Å²) in [5, 5.41) is 3.72. The van der Waals surface area contributed by atoms with Crippen LogP contribution in [0.4, 0.5) is 4.79 Å². The van der Waals surface area contributed by atoms with Crippen LogP contribution >= 0.6 is 11.3 Å². The van der Waals surface area contributed by atoms with Gasteiger partial charge in [0.05, 0.1) is 6.54 Å². The Morgan fingerprint density at radius 3 is 2.58 bits per heavy atom. The van der Waals surface area contributed by atoms with Gasteiger partial charge in [0, 0.05) is 30.4 Å². The van der Waals surface area contributed by atoms with Gasteiger partial charge in [0.25, 0.3) is 0 Å². The molecular formula is C20H28N2O3S. The van der Waals surface area contributed by atoms with E-state index in [2.05, 4.69) is 34.6 Å². The lowest BCUT2D eigenvalue weighted by molar-refractivity contribution is 0.0524. The standard InChI is InChI=1S/C20H28N2O3S/c1-20(2,3)25-19(23)22-14-17-13-21-18(26-17)16-10-8-15(9-11-16)7-5-6-12-24-4/h8-11,13H,5-7,12,14H2,1-4H3,(H,22,23). The van der Waals surface area contributed by atoms with Gasteiger partial charge in [-0.3, -0.25) is 0 Å². The van der Waals surface area contributed by atoms with Gasteiger partial charge in [-0.15, -0.1) is 11.3 Å².